The van der Waals surface area contributed by atoms with Gasteiger partial charge in [-0.3, -0.25) is 4.79 Å². The molecule has 2 fully saturated rings. The maximum atomic E-state index is 13.3. The van der Waals surface area contributed by atoms with Crippen molar-refractivity contribution in [2.24, 2.45) is 0 Å². The Morgan fingerprint density at radius 2 is 1.66 bits per heavy atom. The van der Waals surface area contributed by atoms with Gasteiger partial charge in [-0.25, -0.2) is 0 Å². The Bertz CT molecular complexity index is 1190. The van der Waals surface area contributed by atoms with Crippen LogP contribution in [0, 0.1) is 0 Å². The molecule has 1 unspecified atom stereocenters. The zero-order valence-corrected chi connectivity index (χ0v) is 26.7. The highest BCUT2D eigenvalue weighted by atomic mass is 16.5. The number of nitrogens with zero attached hydrogens (tertiary/aromatic N) is 2. The second-order valence-corrected chi connectivity index (χ2v) is 12.1. The molecule has 2 aromatic carbocycles. The van der Waals surface area contributed by atoms with E-state index in [1.165, 1.54) is 0 Å². The highest BCUT2D eigenvalue weighted by molar-refractivity contribution is 5.78. The molecule has 10 heteroatoms. The number of ether oxygens (including phenoxy) is 6. The third-order valence-corrected chi connectivity index (χ3v) is 8.77. The highest BCUT2D eigenvalue weighted by Crippen LogP contribution is 2.35. The molecular formula is C34H49N3O7. The number of methoxy groups -OCH3 is 2. The lowest BCUT2D eigenvalue weighted by atomic mass is 9.85. The van der Waals surface area contributed by atoms with E-state index in [0.29, 0.717) is 46.1 Å². The minimum absolute atomic E-state index is 0.00290. The van der Waals surface area contributed by atoms with E-state index >= 15 is 0 Å². The van der Waals surface area contributed by atoms with E-state index in [1.807, 2.05) is 24.8 Å². The van der Waals surface area contributed by atoms with Crippen LogP contribution in [0.5, 0.6) is 5.75 Å². The molecular weight excluding hydrogens is 562 g/mol. The van der Waals surface area contributed by atoms with Crippen molar-refractivity contribution in [1.29, 1.82) is 0 Å². The van der Waals surface area contributed by atoms with Gasteiger partial charge in [0.1, 0.15) is 19.0 Å². The second-order valence-electron chi connectivity index (χ2n) is 12.1. The molecule has 5 rings (SSSR count). The Hall–Kier alpha value is -2.73. The van der Waals surface area contributed by atoms with Crippen molar-refractivity contribution in [3.05, 3.63) is 59.2 Å². The minimum Gasteiger partial charge on any atom is -0.490 e. The smallest absolute Gasteiger partial charge is 0.249 e. The van der Waals surface area contributed by atoms with Gasteiger partial charge in [-0.15, -0.1) is 0 Å². The third kappa shape index (κ3) is 8.10. The van der Waals surface area contributed by atoms with E-state index in [0.717, 1.165) is 54.2 Å². The molecule has 1 N–H and O–H groups in total. The summed E-state index contributed by atoms with van der Waals surface area (Å²) in [5.41, 5.74) is 4.43. The first-order valence-corrected chi connectivity index (χ1v) is 15.9. The molecule has 5 atom stereocenters. The molecule has 0 radical (unpaired) electrons. The molecule has 2 saturated heterocycles. The summed E-state index contributed by atoms with van der Waals surface area (Å²) in [5.74, 6) is 0.858. The molecule has 0 saturated carbocycles. The van der Waals surface area contributed by atoms with Crippen LogP contribution in [0.3, 0.4) is 0 Å². The van der Waals surface area contributed by atoms with E-state index in [-0.39, 0.29) is 42.7 Å². The van der Waals surface area contributed by atoms with E-state index < -0.39 is 0 Å². The number of anilines is 1. The first-order chi connectivity index (χ1) is 21.5. The average molecular weight is 612 g/mol. The van der Waals surface area contributed by atoms with Gasteiger partial charge in [0.25, 0.3) is 0 Å². The van der Waals surface area contributed by atoms with Crippen molar-refractivity contribution in [2.45, 2.75) is 63.7 Å². The maximum absolute atomic E-state index is 13.3. The number of amides is 1. The first-order valence-electron chi connectivity index (χ1n) is 15.9. The molecule has 0 aromatic heterocycles. The Kier molecular flexibility index (Phi) is 11.9. The van der Waals surface area contributed by atoms with Gasteiger partial charge in [0.2, 0.25) is 5.91 Å². The molecule has 2 aromatic rings. The van der Waals surface area contributed by atoms with E-state index in [1.54, 1.807) is 14.2 Å². The summed E-state index contributed by atoms with van der Waals surface area (Å²) in [6, 6.07) is 14.8. The summed E-state index contributed by atoms with van der Waals surface area (Å²) >= 11 is 0. The fourth-order valence-corrected chi connectivity index (χ4v) is 6.61. The number of hydrogen-bond donors (Lipinski definition) is 1. The molecule has 0 bridgehead atoms. The SMILES string of the molecule is COCCCN1CCOc2ccc(CO[C@H]3CNC[C@@H](OCC(=O)N4C(C)COC[C@H]4C)[C@@H]3c3ccc(COC)cc3)cc21. The van der Waals surface area contributed by atoms with Crippen LogP contribution in [0.4, 0.5) is 5.69 Å². The van der Waals surface area contributed by atoms with Crippen LogP contribution in [0.25, 0.3) is 0 Å². The number of piperidine rings is 1. The van der Waals surface area contributed by atoms with Gasteiger partial charge >= 0.3 is 0 Å². The van der Waals surface area contributed by atoms with Crippen LogP contribution in [0.15, 0.2) is 42.5 Å². The lowest BCUT2D eigenvalue weighted by Gasteiger charge is -2.41. The predicted octanol–water partition coefficient (Wildman–Crippen LogP) is 3.36. The van der Waals surface area contributed by atoms with Crippen molar-refractivity contribution in [3.8, 4) is 5.75 Å². The van der Waals surface area contributed by atoms with Crippen molar-refractivity contribution in [3.63, 3.8) is 0 Å². The number of morpholine rings is 1. The average Bonchev–Trinajstić information content (AvgIpc) is 3.03. The normalized spacial score (nSPS) is 25.4. The summed E-state index contributed by atoms with van der Waals surface area (Å²) < 4.78 is 35.3. The van der Waals surface area contributed by atoms with Gasteiger partial charge in [-0.05, 0) is 49.1 Å². The molecule has 0 aliphatic carbocycles. The predicted molar refractivity (Wildman–Crippen MR) is 168 cm³/mol. The molecule has 242 valence electrons. The van der Waals surface area contributed by atoms with Crippen LogP contribution >= 0.6 is 0 Å². The Morgan fingerprint density at radius 3 is 2.39 bits per heavy atom. The quantitative estimate of drug-likeness (QED) is 0.343. The zero-order chi connectivity index (χ0) is 30.9. The van der Waals surface area contributed by atoms with Crippen LogP contribution in [-0.4, -0.2) is 109 Å². The summed E-state index contributed by atoms with van der Waals surface area (Å²) in [6.45, 7) is 10.7. The number of carbonyl (C=O) groups excluding carboxylic acids is 1. The van der Waals surface area contributed by atoms with E-state index in [4.69, 9.17) is 28.4 Å². The maximum Gasteiger partial charge on any atom is 0.249 e. The standard InChI is InChI=1S/C34H49N3O7/c1-24-19-41-20-25(2)37(24)33(38)23-44-32-18-35-17-31(34(32)28-9-6-26(7-10-28)21-40-4)43-22-27-8-11-30-29(16-27)36(13-15-42-30)12-5-14-39-3/h6-11,16,24-25,31-32,34-35H,5,12-15,17-23H2,1-4H3/t24-,25?,31+,32-,34-/m1/s1. The van der Waals surface area contributed by atoms with E-state index in [9.17, 15) is 4.79 Å². The van der Waals surface area contributed by atoms with Gasteiger partial charge in [0, 0.05) is 46.4 Å². The fourth-order valence-electron chi connectivity index (χ4n) is 6.61. The van der Waals surface area contributed by atoms with Gasteiger partial charge < -0.3 is 43.5 Å². The van der Waals surface area contributed by atoms with Gasteiger partial charge in [-0.1, -0.05) is 30.3 Å². The van der Waals surface area contributed by atoms with Crippen LogP contribution in [0.2, 0.25) is 0 Å². The molecule has 1 amide bonds. The lowest BCUT2D eigenvalue weighted by molar-refractivity contribution is -0.153. The van der Waals surface area contributed by atoms with Crippen LogP contribution in [-0.2, 0) is 41.7 Å². The monoisotopic (exact) mass is 611 g/mol. The highest BCUT2D eigenvalue weighted by Gasteiger charge is 2.37. The second kappa shape index (κ2) is 16.0. The first kappa shape index (κ1) is 32.7. The number of rotatable bonds is 13. The number of benzene rings is 2. The Balaban J connectivity index is 1.30. The van der Waals surface area contributed by atoms with Crippen molar-refractivity contribution >= 4 is 11.6 Å². The Morgan fingerprint density at radius 1 is 0.932 bits per heavy atom. The zero-order valence-electron chi connectivity index (χ0n) is 26.7. The number of hydrogen-bond acceptors (Lipinski definition) is 9. The number of carbonyl (C=O) groups is 1. The molecule has 3 heterocycles. The largest absolute Gasteiger partial charge is 0.490 e. The summed E-state index contributed by atoms with van der Waals surface area (Å²) in [5, 5.41) is 3.50. The van der Waals surface area contributed by atoms with E-state index in [2.05, 4.69) is 46.6 Å². The number of nitrogens with one attached hydrogen (secondary N) is 1. The number of fused-ring (bicyclic) bond motifs is 1. The third-order valence-electron chi connectivity index (χ3n) is 8.77. The molecule has 0 spiro atoms. The molecule has 44 heavy (non-hydrogen) atoms. The van der Waals surface area contributed by atoms with Gasteiger partial charge in [0.15, 0.2) is 0 Å². The lowest BCUT2D eigenvalue weighted by Crippen LogP contribution is -2.55. The molecule has 3 aliphatic heterocycles. The fraction of sp³-hybridized carbons (Fsp3) is 0.618. The van der Waals surface area contributed by atoms with Crippen LogP contribution in [0.1, 0.15) is 42.9 Å². The van der Waals surface area contributed by atoms with Crippen molar-refractivity contribution < 1.29 is 33.2 Å². The van der Waals surface area contributed by atoms with Gasteiger partial charge in [0.05, 0.1) is 63.0 Å². The molecule has 3 aliphatic rings. The Labute approximate surface area is 261 Å². The summed E-state index contributed by atoms with van der Waals surface area (Å²) in [4.78, 5) is 17.6. The summed E-state index contributed by atoms with van der Waals surface area (Å²) in [6.07, 6.45) is 0.581. The summed E-state index contributed by atoms with van der Waals surface area (Å²) in [7, 11) is 3.44. The molecule has 10 nitrogen and oxygen atoms in total. The van der Waals surface area contributed by atoms with Gasteiger partial charge in [-0.2, -0.15) is 0 Å². The topological polar surface area (TPSA) is 91.0 Å². The van der Waals surface area contributed by atoms with Crippen molar-refractivity contribution in [2.75, 3.05) is 78.3 Å². The minimum atomic E-state index is -0.231. The van der Waals surface area contributed by atoms with Crippen molar-refractivity contribution in [1.82, 2.24) is 10.2 Å². The van der Waals surface area contributed by atoms with Crippen LogP contribution < -0.4 is 15.0 Å².